The summed E-state index contributed by atoms with van der Waals surface area (Å²) in [5.74, 6) is 0.684. The van der Waals surface area contributed by atoms with E-state index in [0.717, 1.165) is 16.9 Å². The van der Waals surface area contributed by atoms with E-state index in [9.17, 15) is 4.79 Å². The van der Waals surface area contributed by atoms with Crippen molar-refractivity contribution in [3.63, 3.8) is 0 Å². The lowest BCUT2D eigenvalue weighted by atomic mass is 9.86. The van der Waals surface area contributed by atoms with E-state index >= 15 is 0 Å². The predicted octanol–water partition coefficient (Wildman–Crippen LogP) is 4.85. The van der Waals surface area contributed by atoms with Crippen LogP contribution in [-0.4, -0.2) is 19.1 Å². The zero-order valence-corrected chi connectivity index (χ0v) is 15.6. The molecule has 2 aromatic carbocycles. The molecule has 0 atom stereocenters. The number of carbonyl (C=O) groups is 1. The molecule has 0 saturated carbocycles. The fourth-order valence-electron chi connectivity index (χ4n) is 2.38. The molecule has 1 amide bonds. The number of benzene rings is 2. The van der Waals surface area contributed by atoms with Crippen LogP contribution in [-0.2, 0) is 10.2 Å². The van der Waals surface area contributed by atoms with E-state index in [-0.39, 0.29) is 11.3 Å². The van der Waals surface area contributed by atoms with E-state index < -0.39 is 0 Å². The summed E-state index contributed by atoms with van der Waals surface area (Å²) < 4.78 is 5.84. The summed E-state index contributed by atoms with van der Waals surface area (Å²) >= 11 is 6.05. The van der Waals surface area contributed by atoms with Crippen molar-refractivity contribution in [1.29, 1.82) is 0 Å². The third-order valence-electron chi connectivity index (χ3n) is 3.67. The van der Waals surface area contributed by atoms with Gasteiger partial charge in [-0.05, 0) is 34.8 Å². The summed E-state index contributed by atoms with van der Waals surface area (Å²) in [6.45, 7) is 7.30. The van der Waals surface area contributed by atoms with Gasteiger partial charge in [-0.3, -0.25) is 4.79 Å². The molecule has 2 aromatic rings. The Balaban J connectivity index is 1.82. The molecule has 4 heteroatoms. The van der Waals surface area contributed by atoms with Crippen LogP contribution in [0.5, 0.6) is 5.75 Å². The Morgan fingerprint density at radius 3 is 2.52 bits per heavy atom. The number of rotatable bonds is 6. The van der Waals surface area contributed by atoms with Crippen LogP contribution in [0.1, 0.15) is 31.9 Å². The van der Waals surface area contributed by atoms with E-state index in [2.05, 4.69) is 32.2 Å². The Kier molecular flexibility index (Phi) is 6.65. The molecule has 0 fully saturated rings. The van der Waals surface area contributed by atoms with Gasteiger partial charge < -0.3 is 10.1 Å². The quantitative estimate of drug-likeness (QED) is 0.593. The third-order valence-corrected chi connectivity index (χ3v) is 4.02. The van der Waals surface area contributed by atoms with Crippen LogP contribution in [0.4, 0.5) is 0 Å². The number of hydrogen-bond acceptors (Lipinski definition) is 2. The Hall–Kier alpha value is -2.26. The molecule has 0 bridgehead atoms. The van der Waals surface area contributed by atoms with Crippen molar-refractivity contribution >= 4 is 23.6 Å². The Bertz CT molecular complexity index is 748. The molecule has 0 spiro atoms. The molecule has 0 saturated heterocycles. The van der Waals surface area contributed by atoms with Gasteiger partial charge in [-0.15, -0.1) is 0 Å². The van der Waals surface area contributed by atoms with Crippen molar-refractivity contribution in [2.24, 2.45) is 0 Å². The van der Waals surface area contributed by atoms with Crippen LogP contribution in [0, 0.1) is 0 Å². The molecule has 0 unspecified atom stereocenters. The Morgan fingerprint density at radius 1 is 1.12 bits per heavy atom. The van der Waals surface area contributed by atoms with Crippen molar-refractivity contribution in [3.05, 3.63) is 70.8 Å². The Labute approximate surface area is 154 Å². The molecule has 0 aliphatic heterocycles. The maximum atomic E-state index is 11.9. The fourth-order valence-corrected chi connectivity index (χ4v) is 2.58. The second-order valence-corrected chi connectivity index (χ2v) is 7.15. The highest BCUT2D eigenvalue weighted by Crippen LogP contribution is 2.30. The number of amides is 1. The maximum absolute atomic E-state index is 11.9. The summed E-state index contributed by atoms with van der Waals surface area (Å²) in [5.41, 5.74) is 1.98. The minimum Gasteiger partial charge on any atom is -0.491 e. The van der Waals surface area contributed by atoms with Crippen LogP contribution in [0.15, 0.2) is 54.6 Å². The first-order chi connectivity index (χ1) is 11.9. The number of hydrogen-bond donors (Lipinski definition) is 1. The van der Waals surface area contributed by atoms with Gasteiger partial charge in [0.15, 0.2) is 0 Å². The van der Waals surface area contributed by atoms with Crippen LogP contribution in [0.3, 0.4) is 0 Å². The smallest absolute Gasteiger partial charge is 0.244 e. The minimum absolute atomic E-state index is 0.0114. The second kappa shape index (κ2) is 8.72. The fraction of sp³-hybridized carbons (Fsp3) is 0.286. The molecular formula is C21H24ClNO2. The highest BCUT2D eigenvalue weighted by atomic mass is 35.5. The van der Waals surface area contributed by atoms with Gasteiger partial charge in [-0.1, -0.05) is 68.8 Å². The van der Waals surface area contributed by atoms with Crippen molar-refractivity contribution in [2.75, 3.05) is 13.2 Å². The molecule has 3 nitrogen and oxygen atoms in total. The summed E-state index contributed by atoms with van der Waals surface area (Å²) in [7, 11) is 0. The normalized spacial score (nSPS) is 11.5. The lowest BCUT2D eigenvalue weighted by Crippen LogP contribution is -2.26. The van der Waals surface area contributed by atoms with E-state index in [1.54, 1.807) is 12.1 Å². The second-order valence-electron chi connectivity index (χ2n) is 6.74. The summed E-state index contributed by atoms with van der Waals surface area (Å²) in [5, 5.41) is 3.43. The van der Waals surface area contributed by atoms with E-state index in [1.165, 1.54) is 6.08 Å². The van der Waals surface area contributed by atoms with Gasteiger partial charge in [0, 0.05) is 11.1 Å². The number of carbonyl (C=O) groups excluding carboxylic acids is 1. The molecule has 0 aliphatic carbocycles. The first kappa shape index (κ1) is 19.1. The largest absolute Gasteiger partial charge is 0.491 e. The van der Waals surface area contributed by atoms with E-state index in [1.807, 2.05) is 36.4 Å². The van der Waals surface area contributed by atoms with E-state index in [0.29, 0.717) is 18.2 Å². The number of nitrogens with one attached hydrogen (secondary N) is 1. The standard InChI is InChI=1S/C21H24ClNO2/c1-21(2,3)17-9-5-7-11-19(17)25-15-14-23-20(24)13-12-16-8-4-6-10-18(16)22/h4-13H,14-15H2,1-3H3,(H,23,24)/b13-12+. The van der Waals surface area contributed by atoms with Gasteiger partial charge in [0.05, 0.1) is 6.54 Å². The monoisotopic (exact) mass is 357 g/mol. The predicted molar refractivity (Wildman–Crippen MR) is 104 cm³/mol. The van der Waals surface area contributed by atoms with Gasteiger partial charge in [0.1, 0.15) is 12.4 Å². The summed E-state index contributed by atoms with van der Waals surface area (Å²) in [6, 6.07) is 15.4. The number of halogens is 1. The van der Waals surface area contributed by atoms with Crippen molar-refractivity contribution in [2.45, 2.75) is 26.2 Å². The summed E-state index contributed by atoms with van der Waals surface area (Å²) in [4.78, 5) is 11.9. The molecule has 0 radical (unpaired) electrons. The first-order valence-electron chi connectivity index (χ1n) is 8.30. The lowest BCUT2D eigenvalue weighted by molar-refractivity contribution is -0.116. The van der Waals surface area contributed by atoms with Gasteiger partial charge >= 0.3 is 0 Å². The van der Waals surface area contributed by atoms with Crippen LogP contribution in [0.25, 0.3) is 6.08 Å². The maximum Gasteiger partial charge on any atom is 0.244 e. The molecule has 2 rings (SSSR count). The average molecular weight is 358 g/mol. The first-order valence-corrected chi connectivity index (χ1v) is 8.68. The zero-order chi connectivity index (χ0) is 18.3. The van der Waals surface area contributed by atoms with E-state index in [4.69, 9.17) is 16.3 Å². The van der Waals surface area contributed by atoms with Gasteiger partial charge in [-0.25, -0.2) is 0 Å². The molecule has 132 valence electrons. The summed E-state index contributed by atoms with van der Waals surface area (Å²) in [6.07, 6.45) is 3.18. The molecule has 0 aliphatic rings. The lowest BCUT2D eigenvalue weighted by Gasteiger charge is -2.22. The highest BCUT2D eigenvalue weighted by Gasteiger charge is 2.18. The van der Waals surface area contributed by atoms with Gasteiger partial charge in [0.25, 0.3) is 0 Å². The molecule has 25 heavy (non-hydrogen) atoms. The third kappa shape index (κ3) is 5.95. The van der Waals surface area contributed by atoms with Crippen LogP contribution in [0.2, 0.25) is 5.02 Å². The van der Waals surface area contributed by atoms with Crippen molar-refractivity contribution in [1.82, 2.24) is 5.32 Å². The van der Waals surface area contributed by atoms with Gasteiger partial charge in [-0.2, -0.15) is 0 Å². The van der Waals surface area contributed by atoms with Crippen molar-refractivity contribution < 1.29 is 9.53 Å². The van der Waals surface area contributed by atoms with Crippen molar-refractivity contribution in [3.8, 4) is 5.75 Å². The molecular weight excluding hydrogens is 334 g/mol. The van der Waals surface area contributed by atoms with Gasteiger partial charge in [0.2, 0.25) is 5.91 Å². The van der Waals surface area contributed by atoms with Crippen LogP contribution < -0.4 is 10.1 Å². The minimum atomic E-state index is -0.173. The SMILES string of the molecule is CC(C)(C)c1ccccc1OCCNC(=O)/C=C/c1ccccc1Cl. The average Bonchev–Trinajstić information content (AvgIpc) is 2.57. The molecule has 1 N–H and O–H groups in total. The number of ether oxygens (including phenoxy) is 1. The molecule has 0 heterocycles. The topological polar surface area (TPSA) is 38.3 Å². The van der Waals surface area contributed by atoms with Crippen LogP contribution >= 0.6 is 11.6 Å². The molecule has 0 aromatic heterocycles. The number of para-hydroxylation sites is 1. The zero-order valence-electron chi connectivity index (χ0n) is 14.9. The highest BCUT2D eigenvalue weighted by molar-refractivity contribution is 6.32. The Morgan fingerprint density at radius 2 is 1.80 bits per heavy atom.